The molecule has 0 aliphatic heterocycles. The maximum absolute atomic E-state index is 9.18. The molecule has 1 N–H and O–H groups in total. The highest BCUT2D eigenvalue weighted by Crippen LogP contribution is 2.16. The molecule has 98 valence electrons. The van der Waals surface area contributed by atoms with Gasteiger partial charge in [-0.3, -0.25) is 9.98 Å². The minimum absolute atomic E-state index is 0.0944. The van der Waals surface area contributed by atoms with Crippen LogP contribution < -0.4 is 5.49 Å². The number of pyridine rings is 1. The van der Waals surface area contributed by atoms with Gasteiger partial charge in [-0.15, -0.1) is 0 Å². The van der Waals surface area contributed by atoms with E-state index in [1.54, 1.807) is 6.20 Å². The Bertz CT molecular complexity index is 712. The van der Waals surface area contributed by atoms with E-state index in [0.29, 0.717) is 5.56 Å². The quantitative estimate of drug-likeness (QED) is 0.893. The molecule has 0 fully saturated rings. The molecule has 0 bridgehead atoms. The summed E-state index contributed by atoms with van der Waals surface area (Å²) >= 11 is 0. The standard InChI is InChI=1S/C14H17N5/c1-9(2)19-13(18-6-5-17-11(18)4)7-10(3)12(8-15)14(19)16/h5-7,9,16H,1-4H3. The van der Waals surface area contributed by atoms with Crippen molar-refractivity contribution in [3.8, 4) is 11.9 Å². The van der Waals surface area contributed by atoms with Crippen molar-refractivity contribution in [2.75, 3.05) is 0 Å². The van der Waals surface area contributed by atoms with Crippen molar-refractivity contribution in [2.45, 2.75) is 33.7 Å². The smallest absolute Gasteiger partial charge is 0.145 e. The maximum atomic E-state index is 9.18. The lowest BCUT2D eigenvalue weighted by Gasteiger charge is -2.20. The molecule has 0 unspecified atom stereocenters. The number of rotatable bonds is 2. The molecule has 0 aliphatic carbocycles. The zero-order chi connectivity index (χ0) is 14.2. The fourth-order valence-electron chi connectivity index (χ4n) is 2.23. The van der Waals surface area contributed by atoms with Gasteiger partial charge in [-0.2, -0.15) is 5.26 Å². The molecule has 5 heteroatoms. The summed E-state index contributed by atoms with van der Waals surface area (Å²) in [6, 6.07) is 4.14. The third-order valence-corrected chi connectivity index (χ3v) is 3.17. The molecule has 0 amide bonds. The van der Waals surface area contributed by atoms with Crippen LogP contribution in [0, 0.1) is 30.6 Å². The second-order valence-electron chi connectivity index (χ2n) is 4.83. The average Bonchev–Trinajstić information content (AvgIpc) is 2.74. The molecule has 0 atom stereocenters. The van der Waals surface area contributed by atoms with E-state index in [1.807, 2.05) is 49.1 Å². The molecule has 0 aliphatic rings. The third kappa shape index (κ3) is 2.06. The second kappa shape index (κ2) is 4.73. The van der Waals surface area contributed by atoms with Crippen LogP contribution in [0.2, 0.25) is 0 Å². The number of hydrogen-bond donors (Lipinski definition) is 1. The first-order valence-electron chi connectivity index (χ1n) is 6.18. The third-order valence-electron chi connectivity index (χ3n) is 3.17. The Labute approximate surface area is 112 Å². The number of imidazole rings is 1. The van der Waals surface area contributed by atoms with E-state index < -0.39 is 0 Å². The van der Waals surface area contributed by atoms with Crippen molar-refractivity contribution >= 4 is 0 Å². The summed E-state index contributed by atoms with van der Waals surface area (Å²) in [5.41, 5.74) is 1.49. The van der Waals surface area contributed by atoms with E-state index in [-0.39, 0.29) is 11.5 Å². The van der Waals surface area contributed by atoms with Crippen LogP contribution in [0.3, 0.4) is 0 Å². The maximum Gasteiger partial charge on any atom is 0.145 e. The molecular formula is C14H17N5. The molecule has 5 nitrogen and oxygen atoms in total. The van der Waals surface area contributed by atoms with Gasteiger partial charge in [0, 0.05) is 18.4 Å². The molecular weight excluding hydrogens is 238 g/mol. The Kier molecular flexibility index (Phi) is 3.26. The zero-order valence-electron chi connectivity index (χ0n) is 11.6. The summed E-state index contributed by atoms with van der Waals surface area (Å²) in [6.07, 6.45) is 3.60. The van der Waals surface area contributed by atoms with Crippen LogP contribution in [-0.4, -0.2) is 14.1 Å². The number of nitriles is 1. The first-order valence-corrected chi connectivity index (χ1v) is 6.18. The van der Waals surface area contributed by atoms with E-state index in [9.17, 15) is 5.26 Å². The number of nitrogens with zero attached hydrogens (tertiary/aromatic N) is 4. The lowest BCUT2D eigenvalue weighted by Crippen LogP contribution is -2.29. The minimum Gasteiger partial charge on any atom is -0.309 e. The van der Waals surface area contributed by atoms with E-state index in [2.05, 4.69) is 11.1 Å². The summed E-state index contributed by atoms with van der Waals surface area (Å²) in [6.45, 7) is 7.79. The Morgan fingerprint density at radius 2 is 2.05 bits per heavy atom. The summed E-state index contributed by atoms with van der Waals surface area (Å²) in [5, 5.41) is 17.4. The van der Waals surface area contributed by atoms with Crippen molar-refractivity contribution in [1.82, 2.24) is 14.1 Å². The largest absolute Gasteiger partial charge is 0.309 e. The lowest BCUT2D eigenvalue weighted by molar-refractivity contribution is 0.547. The normalized spacial score (nSPS) is 10.7. The first kappa shape index (κ1) is 13.1. The van der Waals surface area contributed by atoms with E-state index in [1.165, 1.54) is 0 Å². The van der Waals surface area contributed by atoms with Crippen molar-refractivity contribution in [1.29, 1.82) is 10.7 Å². The van der Waals surface area contributed by atoms with Crippen LogP contribution in [-0.2, 0) is 0 Å². The van der Waals surface area contributed by atoms with Gasteiger partial charge in [0.25, 0.3) is 0 Å². The Hall–Kier alpha value is -2.35. The van der Waals surface area contributed by atoms with Gasteiger partial charge >= 0.3 is 0 Å². The topological polar surface area (TPSA) is 70.4 Å². The first-order chi connectivity index (χ1) is 8.97. The number of aryl methyl sites for hydroxylation is 2. The predicted molar refractivity (Wildman–Crippen MR) is 72.0 cm³/mol. The van der Waals surface area contributed by atoms with Gasteiger partial charge < -0.3 is 4.57 Å². The minimum atomic E-state index is 0.0944. The molecule has 2 aromatic heterocycles. The van der Waals surface area contributed by atoms with Crippen molar-refractivity contribution in [3.63, 3.8) is 0 Å². The average molecular weight is 255 g/mol. The SMILES string of the molecule is Cc1cc(-n2ccnc2C)n(C(C)C)c(=N)c1C#N. The monoisotopic (exact) mass is 255 g/mol. The highest BCUT2D eigenvalue weighted by molar-refractivity contribution is 5.41. The molecule has 0 aromatic carbocycles. The molecule has 2 heterocycles. The molecule has 0 radical (unpaired) electrons. The van der Waals surface area contributed by atoms with Crippen LogP contribution in [0.1, 0.15) is 36.8 Å². The van der Waals surface area contributed by atoms with Gasteiger partial charge in [0.1, 0.15) is 23.2 Å². The van der Waals surface area contributed by atoms with Gasteiger partial charge in [-0.05, 0) is 39.3 Å². The summed E-state index contributed by atoms with van der Waals surface area (Å²) in [5.74, 6) is 1.73. The Morgan fingerprint density at radius 3 is 2.53 bits per heavy atom. The highest BCUT2D eigenvalue weighted by Gasteiger charge is 2.14. The lowest BCUT2D eigenvalue weighted by atomic mass is 10.1. The molecule has 0 spiro atoms. The van der Waals surface area contributed by atoms with Crippen LogP contribution >= 0.6 is 0 Å². The van der Waals surface area contributed by atoms with Crippen molar-refractivity contribution in [2.24, 2.45) is 0 Å². The van der Waals surface area contributed by atoms with Gasteiger partial charge in [0.05, 0.1) is 5.56 Å². The molecule has 2 rings (SSSR count). The van der Waals surface area contributed by atoms with Crippen LogP contribution in [0.15, 0.2) is 18.5 Å². The van der Waals surface area contributed by atoms with Crippen LogP contribution in [0.25, 0.3) is 5.82 Å². The summed E-state index contributed by atoms with van der Waals surface area (Å²) in [4.78, 5) is 4.22. The van der Waals surface area contributed by atoms with Gasteiger partial charge in [-0.1, -0.05) is 0 Å². The predicted octanol–water partition coefficient (Wildman–Crippen LogP) is 2.22. The molecule has 19 heavy (non-hydrogen) atoms. The van der Waals surface area contributed by atoms with Crippen molar-refractivity contribution < 1.29 is 0 Å². The van der Waals surface area contributed by atoms with Crippen LogP contribution in [0.5, 0.6) is 0 Å². The van der Waals surface area contributed by atoms with E-state index in [0.717, 1.165) is 17.2 Å². The van der Waals surface area contributed by atoms with Crippen LogP contribution in [0.4, 0.5) is 0 Å². The van der Waals surface area contributed by atoms with Crippen molar-refractivity contribution in [3.05, 3.63) is 40.9 Å². The fourth-order valence-corrected chi connectivity index (χ4v) is 2.23. The molecule has 0 saturated carbocycles. The summed E-state index contributed by atoms with van der Waals surface area (Å²) in [7, 11) is 0. The van der Waals surface area contributed by atoms with E-state index in [4.69, 9.17) is 5.41 Å². The Balaban J connectivity index is 2.87. The van der Waals surface area contributed by atoms with Gasteiger partial charge in [0.15, 0.2) is 0 Å². The molecule has 0 saturated heterocycles. The highest BCUT2D eigenvalue weighted by atomic mass is 15.2. The number of nitrogens with one attached hydrogen (secondary N) is 1. The van der Waals surface area contributed by atoms with Gasteiger partial charge in [0.2, 0.25) is 0 Å². The fraction of sp³-hybridized carbons (Fsp3) is 0.357. The number of hydrogen-bond acceptors (Lipinski definition) is 3. The van der Waals surface area contributed by atoms with Gasteiger partial charge in [-0.25, -0.2) is 4.98 Å². The zero-order valence-corrected chi connectivity index (χ0v) is 11.6. The second-order valence-corrected chi connectivity index (χ2v) is 4.83. The Morgan fingerprint density at radius 1 is 1.37 bits per heavy atom. The van der Waals surface area contributed by atoms with E-state index >= 15 is 0 Å². The number of aromatic nitrogens is 3. The summed E-state index contributed by atoms with van der Waals surface area (Å²) < 4.78 is 3.78. The molecule has 2 aromatic rings.